The number of nitrogens with two attached hydrogens (primary N) is 1. The van der Waals surface area contributed by atoms with Gasteiger partial charge >= 0.3 is 0 Å². The van der Waals surface area contributed by atoms with E-state index in [9.17, 15) is 13.5 Å². The van der Waals surface area contributed by atoms with Gasteiger partial charge in [-0.1, -0.05) is 6.07 Å². The van der Waals surface area contributed by atoms with Gasteiger partial charge in [-0.15, -0.1) is 0 Å². The molecule has 1 aromatic carbocycles. The molecule has 3 N–H and O–H groups in total. The average molecular weight is 187 g/mol. The lowest BCUT2D eigenvalue weighted by Crippen LogP contribution is -1.99. The van der Waals surface area contributed by atoms with Crippen LogP contribution in [0.1, 0.15) is 0 Å². The third-order valence-corrected chi connectivity index (χ3v) is 2.56. The molecule has 5 heteroatoms. The van der Waals surface area contributed by atoms with E-state index in [0.717, 1.165) is 6.26 Å². The van der Waals surface area contributed by atoms with Gasteiger partial charge in [-0.05, 0) is 12.1 Å². The van der Waals surface area contributed by atoms with Gasteiger partial charge in [0.2, 0.25) is 0 Å². The number of rotatable bonds is 1. The monoisotopic (exact) mass is 187 g/mol. The maximum atomic E-state index is 11.0. The molecular formula is C7H9NO3S. The maximum Gasteiger partial charge on any atom is 0.179 e. The molecule has 0 aromatic heterocycles. The first kappa shape index (κ1) is 8.86. The van der Waals surface area contributed by atoms with Crippen molar-refractivity contribution in [2.45, 2.75) is 4.90 Å². The van der Waals surface area contributed by atoms with Crippen LogP contribution in [0.2, 0.25) is 0 Å². The summed E-state index contributed by atoms with van der Waals surface area (Å²) in [5.74, 6) is -0.375. The highest BCUT2D eigenvalue weighted by atomic mass is 32.2. The molecule has 0 radical (unpaired) electrons. The van der Waals surface area contributed by atoms with Crippen LogP contribution in [-0.2, 0) is 9.84 Å². The summed E-state index contributed by atoms with van der Waals surface area (Å²) in [5, 5.41) is 9.23. The zero-order valence-corrected chi connectivity index (χ0v) is 7.30. The molecule has 0 atom stereocenters. The summed E-state index contributed by atoms with van der Waals surface area (Å²) in [6.07, 6.45) is 1.02. The van der Waals surface area contributed by atoms with E-state index in [1.165, 1.54) is 18.2 Å². The molecule has 0 saturated carbocycles. The van der Waals surface area contributed by atoms with Crippen molar-refractivity contribution in [1.82, 2.24) is 0 Å². The van der Waals surface area contributed by atoms with E-state index < -0.39 is 9.84 Å². The Kier molecular flexibility index (Phi) is 1.97. The van der Waals surface area contributed by atoms with Gasteiger partial charge in [-0.3, -0.25) is 0 Å². The number of anilines is 1. The molecule has 0 aliphatic rings. The summed E-state index contributed by atoms with van der Waals surface area (Å²) in [5.41, 5.74) is 5.37. The fourth-order valence-electron chi connectivity index (χ4n) is 0.839. The number of para-hydroxylation sites is 1. The zero-order valence-electron chi connectivity index (χ0n) is 6.48. The van der Waals surface area contributed by atoms with Crippen LogP contribution >= 0.6 is 0 Å². The number of hydrogen-bond donors (Lipinski definition) is 2. The maximum absolute atomic E-state index is 11.0. The van der Waals surface area contributed by atoms with Gasteiger partial charge in [0.05, 0.1) is 5.69 Å². The number of phenolic OH excluding ortho intramolecular Hbond substituents is 1. The van der Waals surface area contributed by atoms with E-state index in [0.29, 0.717) is 0 Å². The first-order valence-electron chi connectivity index (χ1n) is 3.20. The van der Waals surface area contributed by atoms with Crippen molar-refractivity contribution in [3.05, 3.63) is 18.2 Å². The molecule has 0 aliphatic carbocycles. The third kappa shape index (κ3) is 1.50. The topological polar surface area (TPSA) is 80.4 Å². The van der Waals surface area contributed by atoms with Crippen LogP contribution in [0.3, 0.4) is 0 Å². The minimum atomic E-state index is -3.39. The van der Waals surface area contributed by atoms with Crippen LogP contribution in [0.15, 0.2) is 23.1 Å². The highest BCUT2D eigenvalue weighted by Gasteiger charge is 2.13. The van der Waals surface area contributed by atoms with Crippen LogP contribution in [0.4, 0.5) is 5.69 Å². The smallest absolute Gasteiger partial charge is 0.179 e. The Hall–Kier alpha value is -1.23. The molecule has 0 spiro atoms. The molecule has 0 aliphatic heterocycles. The SMILES string of the molecule is CS(=O)(=O)c1cccc(N)c1O. The summed E-state index contributed by atoms with van der Waals surface area (Å²) in [6.45, 7) is 0. The summed E-state index contributed by atoms with van der Waals surface area (Å²) in [4.78, 5) is -0.137. The molecule has 0 amide bonds. The predicted octanol–water partition coefficient (Wildman–Crippen LogP) is 0.378. The molecule has 4 nitrogen and oxygen atoms in total. The number of nitrogen functional groups attached to an aromatic ring is 1. The van der Waals surface area contributed by atoms with E-state index in [2.05, 4.69) is 0 Å². The second-order valence-electron chi connectivity index (χ2n) is 2.47. The number of aromatic hydroxyl groups is 1. The van der Waals surface area contributed by atoms with E-state index in [1.807, 2.05) is 0 Å². The van der Waals surface area contributed by atoms with Gasteiger partial charge in [0.1, 0.15) is 4.90 Å². The van der Waals surface area contributed by atoms with Crippen molar-refractivity contribution in [3.63, 3.8) is 0 Å². The molecular weight excluding hydrogens is 178 g/mol. The Labute approximate surface area is 70.6 Å². The number of sulfone groups is 1. The normalized spacial score (nSPS) is 11.4. The van der Waals surface area contributed by atoms with Crippen molar-refractivity contribution in [1.29, 1.82) is 0 Å². The predicted molar refractivity (Wildman–Crippen MR) is 45.6 cm³/mol. The van der Waals surface area contributed by atoms with Gasteiger partial charge in [0.25, 0.3) is 0 Å². The summed E-state index contributed by atoms with van der Waals surface area (Å²) in [6, 6.07) is 4.22. The Bertz CT molecular complexity index is 397. The molecule has 1 rings (SSSR count). The van der Waals surface area contributed by atoms with E-state index in [1.54, 1.807) is 0 Å². The minimum absolute atomic E-state index is 0.0675. The van der Waals surface area contributed by atoms with Crippen molar-refractivity contribution in [3.8, 4) is 5.75 Å². The lowest BCUT2D eigenvalue weighted by Gasteiger charge is -2.03. The van der Waals surface area contributed by atoms with Crippen LogP contribution in [0, 0.1) is 0 Å². The second kappa shape index (κ2) is 2.67. The third-order valence-electron chi connectivity index (χ3n) is 1.43. The molecule has 0 fully saturated rings. The van der Waals surface area contributed by atoms with Crippen LogP contribution in [0.25, 0.3) is 0 Å². The Balaban J connectivity index is 3.47. The molecule has 12 heavy (non-hydrogen) atoms. The standard InChI is InChI=1S/C7H9NO3S/c1-12(10,11)6-4-2-3-5(8)7(6)9/h2-4,9H,8H2,1H3. The van der Waals surface area contributed by atoms with E-state index >= 15 is 0 Å². The Morgan fingerprint density at radius 2 is 2.00 bits per heavy atom. The van der Waals surface area contributed by atoms with Crippen molar-refractivity contribution < 1.29 is 13.5 Å². The largest absolute Gasteiger partial charge is 0.504 e. The molecule has 1 aromatic rings. The molecule has 0 saturated heterocycles. The summed E-state index contributed by atoms with van der Waals surface area (Å²) < 4.78 is 22.0. The van der Waals surface area contributed by atoms with Gasteiger partial charge in [-0.25, -0.2) is 8.42 Å². The summed E-state index contributed by atoms with van der Waals surface area (Å²) >= 11 is 0. The first-order chi connectivity index (χ1) is 5.43. The van der Waals surface area contributed by atoms with Gasteiger partial charge < -0.3 is 10.8 Å². The fourth-order valence-corrected chi connectivity index (χ4v) is 1.63. The lowest BCUT2D eigenvalue weighted by atomic mass is 10.3. The number of hydrogen-bond acceptors (Lipinski definition) is 4. The van der Waals surface area contributed by atoms with Crippen molar-refractivity contribution in [2.24, 2.45) is 0 Å². The molecule has 0 bridgehead atoms. The second-order valence-corrected chi connectivity index (χ2v) is 4.45. The average Bonchev–Trinajstić information content (AvgIpc) is 1.92. The van der Waals surface area contributed by atoms with Crippen LogP contribution in [-0.4, -0.2) is 19.8 Å². The lowest BCUT2D eigenvalue weighted by molar-refractivity contribution is 0.462. The molecule has 0 unspecified atom stereocenters. The van der Waals surface area contributed by atoms with Gasteiger partial charge in [-0.2, -0.15) is 0 Å². The van der Waals surface area contributed by atoms with E-state index in [-0.39, 0.29) is 16.3 Å². The number of phenols is 1. The first-order valence-corrected chi connectivity index (χ1v) is 5.09. The zero-order chi connectivity index (χ0) is 9.35. The number of benzene rings is 1. The van der Waals surface area contributed by atoms with Crippen LogP contribution < -0.4 is 5.73 Å². The quantitative estimate of drug-likeness (QED) is 0.492. The Morgan fingerprint density at radius 3 is 2.42 bits per heavy atom. The van der Waals surface area contributed by atoms with Crippen molar-refractivity contribution in [2.75, 3.05) is 12.0 Å². The fraction of sp³-hybridized carbons (Fsp3) is 0.143. The molecule has 66 valence electrons. The van der Waals surface area contributed by atoms with Gasteiger partial charge in [0, 0.05) is 6.26 Å². The minimum Gasteiger partial charge on any atom is -0.504 e. The van der Waals surface area contributed by atoms with Gasteiger partial charge in [0.15, 0.2) is 15.6 Å². The Morgan fingerprint density at radius 1 is 1.42 bits per heavy atom. The highest BCUT2D eigenvalue weighted by Crippen LogP contribution is 2.27. The summed E-state index contributed by atoms with van der Waals surface area (Å²) in [7, 11) is -3.39. The van der Waals surface area contributed by atoms with Crippen molar-refractivity contribution >= 4 is 15.5 Å². The van der Waals surface area contributed by atoms with E-state index in [4.69, 9.17) is 5.73 Å². The molecule has 0 heterocycles. The van der Waals surface area contributed by atoms with Crippen LogP contribution in [0.5, 0.6) is 5.75 Å². The highest BCUT2D eigenvalue weighted by molar-refractivity contribution is 7.90.